The molecule has 16 heavy (non-hydrogen) atoms. The van der Waals surface area contributed by atoms with Gasteiger partial charge in [-0.3, -0.25) is 15.2 Å². The monoisotopic (exact) mass is 221 g/mol. The molecule has 2 rings (SSSR count). The number of nitrogens with zero attached hydrogens (tertiary/aromatic N) is 2. The average Bonchev–Trinajstić information content (AvgIpc) is 2.30. The van der Waals surface area contributed by atoms with Crippen LogP contribution in [-0.4, -0.2) is 15.2 Å². The summed E-state index contributed by atoms with van der Waals surface area (Å²) in [6.45, 7) is 0. The van der Waals surface area contributed by atoms with Crippen LogP contribution in [0.5, 0.6) is 0 Å². The van der Waals surface area contributed by atoms with Crippen molar-refractivity contribution in [2.24, 2.45) is 5.84 Å². The molecule has 7 heteroatoms. The molecule has 1 aromatic heterocycles. The molecule has 4 N–H and O–H groups in total. The molecule has 0 aliphatic carbocycles. The Labute approximate surface area is 89.3 Å². The van der Waals surface area contributed by atoms with Crippen molar-refractivity contribution in [3.8, 4) is 11.3 Å². The number of halogens is 1. The molecule has 0 amide bonds. The Morgan fingerprint density at radius 1 is 1.25 bits per heavy atom. The van der Waals surface area contributed by atoms with E-state index in [1.54, 1.807) is 0 Å². The third kappa shape index (κ3) is 1.89. The van der Waals surface area contributed by atoms with Crippen molar-refractivity contribution in [2.75, 3.05) is 5.43 Å². The van der Waals surface area contributed by atoms with Crippen molar-refractivity contribution in [2.45, 2.75) is 0 Å². The Balaban J connectivity index is 2.48. The van der Waals surface area contributed by atoms with E-state index in [1.807, 2.05) is 0 Å². The second kappa shape index (κ2) is 4.07. The largest absolute Gasteiger partial charge is 0.293 e. The summed E-state index contributed by atoms with van der Waals surface area (Å²) in [5.41, 5.74) is 2.31. The Hall–Kier alpha value is -2.28. The van der Waals surface area contributed by atoms with Gasteiger partial charge in [-0.15, -0.1) is 10.2 Å². The van der Waals surface area contributed by atoms with Crippen LogP contribution in [0.25, 0.3) is 11.3 Å². The molecule has 0 saturated heterocycles. The van der Waals surface area contributed by atoms with E-state index in [0.717, 1.165) is 0 Å². The molecule has 0 saturated carbocycles. The molecule has 1 heterocycles. The number of anilines is 1. The van der Waals surface area contributed by atoms with Crippen molar-refractivity contribution in [1.29, 1.82) is 0 Å². The first-order valence-electron chi connectivity index (χ1n) is 4.40. The number of hydrogen-bond acceptors (Lipinski definition) is 5. The lowest BCUT2D eigenvalue weighted by Crippen LogP contribution is -2.19. The van der Waals surface area contributed by atoms with Gasteiger partial charge >= 0.3 is 0 Å². The summed E-state index contributed by atoms with van der Waals surface area (Å²) in [4.78, 5) is 13.9. The van der Waals surface area contributed by atoms with Crippen LogP contribution in [-0.2, 0) is 0 Å². The van der Waals surface area contributed by atoms with Gasteiger partial charge in [-0.2, -0.15) is 0 Å². The molecule has 0 aliphatic heterocycles. The third-order valence-electron chi connectivity index (χ3n) is 1.95. The number of benzene rings is 1. The third-order valence-corrected chi connectivity index (χ3v) is 1.95. The van der Waals surface area contributed by atoms with E-state index in [0.29, 0.717) is 5.56 Å². The fourth-order valence-electron chi connectivity index (χ4n) is 1.20. The summed E-state index contributed by atoms with van der Waals surface area (Å²) in [5.74, 6) is 4.74. The molecule has 0 aliphatic rings. The number of nitrogens with two attached hydrogens (primary N) is 1. The molecule has 0 unspecified atom stereocenters. The van der Waals surface area contributed by atoms with E-state index in [9.17, 15) is 9.18 Å². The summed E-state index contributed by atoms with van der Waals surface area (Å²) in [5, 5.41) is 7.31. The van der Waals surface area contributed by atoms with Gasteiger partial charge in [0, 0.05) is 5.56 Å². The molecule has 0 radical (unpaired) electrons. The summed E-state index contributed by atoms with van der Waals surface area (Å²) in [7, 11) is 0. The predicted molar refractivity (Wildman–Crippen MR) is 55.9 cm³/mol. The van der Waals surface area contributed by atoms with E-state index in [-0.39, 0.29) is 17.5 Å². The van der Waals surface area contributed by atoms with Gasteiger partial charge in [-0.25, -0.2) is 10.2 Å². The van der Waals surface area contributed by atoms with E-state index in [4.69, 9.17) is 5.84 Å². The first kappa shape index (κ1) is 10.2. The minimum absolute atomic E-state index is 0.0656. The number of aromatic nitrogens is 3. The molecule has 2 aromatic rings. The summed E-state index contributed by atoms with van der Waals surface area (Å²) in [6.07, 6.45) is 0. The van der Waals surface area contributed by atoms with Gasteiger partial charge in [0.1, 0.15) is 5.82 Å². The van der Waals surface area contributed by atoms with Gasteiger partial charge in [0.05, 0.1) is 0 Å². The van der Waals surface area contributed by atoms with Crippen LogP contribution in [0.4, 0.5) is 10.3 Å². The Morgan fingerprint density at radius 3 is 2.50 bits per heavy atom. The van der Waals surface area contributed by atoms with Crippen LogP contribution < -0.4 is 16.8 Å². The number of H-pyrrole nitrogens is 1. The van der Waals surface area contributed by atoms with Crippen LogP contribution >= 0.6 is 0 Å². The van der Waals surface area contributed by atoms with Crippen molar-refractivity contribution in [1.82, 2.24) is 15.2 Å². The summed E-state index contributed by atoms with van der Waals surface area (Å²) < 4.78 is 12.7. The second-order valence-corrected chi connectivity index (χ2v) is 3.00. The Bertz CT molecular complexity index is 551. The number of nitrogen functional groups attached to an aromatic ring is 1. The van der Waals surface area contributed by atoms with Gasteiger partial charge in [-0.1, -0.05) is 0 Å². The predicted octanol–water partition coefficient (Wildman–Crippen LogP) is 0.257. The standard InChI is InChI=1S/C9H8FN5O/c10-6-3-1-5(2-4-6)7-8(16)12-9(13-11)15-14-7/h1-4H,11H2,(H2,12,13,15,16). The molecule has 6 nitrogen and oxygen atoms in total. The first-order chi connectivity index (χ1) is 7.70. The van der Waals surface area contributed by atoms with Gasteiger partial charge in [0.25, 0.3) is 5.56 Å². The Morgan fingerprint density at radius 2 is 1.94 bits per heavy atom. The fourth-order valence-corrected chi connectivity index (χ4v) is 1.20. The number of nitrogens with one attached hydrogen (secondary N) is 2. The maximum atomic E-state index is 12.7. The lowest BCUT2D eigenvalue weighted by atomic mass is 10.2. The smallest absolute Gasteiger partial charge is 0.279 e. The number of hydrogen-bond donors (Lipinski definition) is 3. The number of hydrazine groups is 1. The SMILES string of the molecule is NNc1nnc(-c2ccc(F)cc2)c(=O)[nH]1. The topological polar surface area (TPSA) is 96.7 Å². The zero-order valence-electron chi connectivity index (χ0n) is 8.07. The van der Waals surface area contributed by atoms with Crippen LogP contribution in [0.2, 0.25) is 0 Å². The van der Waals surface area contributed by atoms with Gasteiger partial charge in [0.2, 0.25) is 5.95 Å². The molecule has 82 valence electrons. The fraction of sp³-hybridized carbons (Fsp3) is 0. The average molecular weight is 221 g/mol. The first-order valence-corrected chi connectivity index (χ1v) is 4.40. The van der Waals surface area contributed by atoms with Gasteiger partial charge in [-0.05, 0) is 24.3 Å². The Kier molecular flexibility index (Phi) is 2.61. The zero-order chi connectivity index (χ0) is 11.5. The maximum Gasteiger partial charge on any atom is 0.279 e. The maximum absolute atomic E-state index is 12.7. The summed E-state index contributed by atoms with van der Waals surface area (Å²) in [6, 6.07) is 5.38. The van der Waals surface area contributed by atoms with Crippen LogP contribution in [0.15, 0.2) is 29.1 Å². The lowest BCUT2D eigenvalue weighted by molar-refractivity contribution is 0.628. The van der Waals surface area contributed by atoms with Crippen molar-refractivity contribution >= 4 is 5.95 Å². The molecule has 0 fully saturated rings. The molecular weight excluding hydrogens is 213 g/mol. The van der Waals surface area contributed by atoms with Gasteiger partial charge < -0.3 is 0 Å². The van der Waals surface area contributed by atoms with Gasteiger partial charge in [0.15, 0.2) is 5.69 Å². The second-order valence-electron chi connectivity index (χ2n) is 3.00. The minimum atomic E-state index is -0.449. The summed E-state index contributed by atoms with van der Waals surface area (Å²) >= 11 is 0. The van der Waals surface area contributed by atoms with E-state index >= 15 is 0 Å². The van der Waals surface area contributed by atoms with E-state index in [2.05, 4.69) is 20.6 Å². The molecule has 0 atom stereocenters. The molecule has 0 bridgehead atoms. The van der Waals surface area contributed by atoms with Crippen LogP contribution in [0, 0.1) is 5.82 Å². The highest BCUT2D eigenvalue weighted by Gasteiger charge is 2.06. The van der Waals surface area contributed by atoms with E-state index < -0.39 is 5.56 Å². The van der Waals surface area contributed by atoms with E-state index in [1.165, 1.54) is 24.3 Å². The molecular formula is C9H8FN5O. The highest BCUT2D eigenvalue weighted by Crippen LogP contribution is 2.12. The minimum Gasteiger partial charge on any atom is -0.293 e. The zero-order valence-corrected chi connectivity index (χ0v) is 8.07. The van der Waals surface area contributed by atoms with Crippen molar-refractivity contribution < 1.29 is 4.39 Å². The highest BCUT2D eigenvalue weighted by molar-refractivity contribution is 5.57. The molecule has 1 aromatic carbocycles. The van der Waals surface area contributed by atoms with Crippen molar-refractivity contribution in [3.05, 3.63) is 40.4 Å². The van der Waals surface area contributed by atoms with Crippen LogP contribution in [0.3, 0.4) is 0 Å². The normalized spacial score (nSPS) is 10.1. The quantitative estimate of drug-likeness (QED) is 0.499. The van der Waals surface area contributed by atoms with Crippen molar-refractivity contribution in [3.63, 3.8) is 0 Å². The highest BCUT2D eigenvalue weighted by atomic mass is 19.1. The number of rotatable bonds is 2. The van der Waals surface area contributed by atoms with Crippen LogP contribution in [0.1, 0.15) is 0 Å². The molecule has 0 spiro atoms. The number of aromatic amines is 1. The lowest BCUT2D eigenvalue weighted by Gasteiger charge is -2.00.